The van der Waals surface area contributed by atoms with E-state index in [1.165, 1.54) is 6.08 Å². The summed E-state index contributed by atoms with van der Waals surface area (Å²) >= 11 is 0. The maximum atomic E-state index is 11.7. The molecule has 6 heteroatoms. The zero-order valence-electron chi connectivity index (χ0n) is 12.6. The molecule has 0 heterocycles. The van der Waals surface area contributed by atoms with Crippen LogP contribution in [0.15, 0.2) is 29.7 Å². The Labute approximate surface area is 126 Å². The van der Waals surface area contributed by atoms with E-state index in [0.29, 0.717) is 12.4 Å². The monoisotopic (exact) mass is 314 g/mol. The molecule has 5 nitrogen and oxygen atoms in total. The van der Waals surface area contributed by atoms with Gasteiger partial charge in [-0.25, -0.2) is 0 Å². The lowest BCUT2D eigenvalue weighted by Crippen LogP contribution is -2.18. The van der Waals surface area contributed by atoms with E-state index in [9.17, 15) is 8.42 Å². The zero-order chi connectivity index (χ0) is 15.7. The van der Waals surface area contributed by atoms with E-state index < -0.39 is 10.1 Å². The van der Waals surface area contributed by atoms with Gasteiger partial charge in [-0.2, -0.15) is 8.42 Å². The summed E-state index contributed by atoms with van der Waals surface area (Å²) in [4.78, 5) is 0. The van der Waals surface area contributed by atoms with Crippen molar-refractivity contribution in [3.8, 4) is 5.75 Å². The minimum atomic E-state index is -3.72. The summed E-state index contributed by atoms with van der Waals surface area (Å²) in [6.45, 7) is 4.35. The molecule has 0 radical (unpaired) electrons. The minimum Gasteiger partial charge on any atom is -0.497 e. The van der Waals surface area contributed by atoms with Crippen molar-refractivity contribution in [3.05, 3.63) is 35.2 Å². The summed E-state index contributed by atoms with van der Waals surface area (Å²) in [5.41, 5.74) is 0.719. The number of hydrogen-bond donors (Lipinski definition) is 0. The molecule has 0 amide bonds. The van der Waals surface area contributed by atoms with Gasteiger partial charge in [-0.1, -0.05) is 19.1 Å². The second kappa shape index (κ2) is 8.81. The van der Waals surface area contributed by atoms with Crippen LogP contribution < -0.4 is 4.74 Å². The van der Waals surface area contributed by atoms with E-state index in [2.05, 4.69) is 0 Å². The molecule has 0 fully saturated rings. The number of rotatable bonds is 9. The van der Waals surface area contributed by atoms with Crippen LogP contribution in [0.3, 0.4) is 0 Å². The third-order valence-corrected chi connectivity index (χ3v) is 3.53. The molecule has 0 aliphatic carbocycles. The first-order chi connectivity index (χ1) is 9.96. The zero-order valence-corrected chi connectivity index (χ0v) is 13.4. The first-order valence-corrected chi connectivity index (χ1v) is 8.27. The normalized spacial score (nSPS) is 13.5. The molecular formula is C15H22O5S. The summed E-state index contributed by atoms with van der Waals surface area (Å²) in [5.74, 6) is 0.664. The van der Waals surface area contributed by atoms with Crippen LogP contribution in [0.4, 0.5) is 0 Å². The van der Waals surface area contributed by atoms with Gasteiger partial charge >= 0.3 is 0 Å². The van der Waals surface area contributed by atoms with Crippen molar-refractivity contribution in [1.29, 1.82) is 0 Å². The van der Waals surface area contributed by atoms with Crippen molar-refractivity contribution in [1.82, 2.24) is 0 Å². The molecule has 0 saturated carbocycles. The van der Waals surface area contributed by atoms with Crippen LogP contribution in [0.25, 0.3) is 6.08 Å². The average Bonchev–Trinajstić information content (AvgIpc) is 2.49. The lowest BCUT2D eigenvalue weighted by Gasteiger charge is -2.11. The molecule has 1 aromatic carbocycles. The third kappa shape index (κ3) is 7.27. The standard InChI is InChI=1S/C15H22O5S/c1-4-9-19-13(2)12-20-21(16,17)10-8-14-6-5-7-15(11-14)18-3/h5-8,10-11,13H,4,9,12H2,1-3H3. The van der Waals surface area contributed by atoms with Gasteiger partial charge in [-0.3, -0.25) is 4.18 Å². The lowest BCUT2D eigenvalue weighted by atomic mass is 10.2. The highest BCUT2D eigenvalue weighted by molar-refractivity contribution is 7.89. The fourth-order valence-electron chi connectivity index (χ4n) is 1.50. The summed E-state index contributed by atoms with van der Waals surface area (Å²) in [7, 11) is -2.16. The number of ether oxygens (including phenoxy) is 2. The fourth-order valence-corrected chi connectivity index (χ4v) is 2.29. The Balaban J connectivity index is 2.56. The van der Waals surface area contributed by atoms with Crippen LogP contribution >= 0.6 is 0 Å². The van der Waals surface area contributed by atoms with Crippen molar-refractivity contribution < 1.29 is 22.1 Å². The molecule has 0 aliphatic rings. The first kappa shape index (κ1) is 17.7. The second-order valence-corrected chi connectivity index (χ2v) is 6.03. The van der Waals surface area contributed by atoms with Gasteiger partial charge in [0.05, 0.1) is 25.2 Å². The van der Waals surface area contributed by atoms with E-state index in [0.717, 1.165) is 17.4 Å². The lowest BCUT2D eigenvalue weighted by molar-refractivity contribution is 0.0348. The van der Waals surface area contributed by atoms with Crippen molar-refractivity contribution in [2.45, 2.75) is 26.4 Å². The van der Waals surface area contributed by atoms with Crippen molar-refractivity contribution in [3.63, 3.8) is 0 Å². The molecule has 1 atom stereocenters. The summed E-state index contributed by atoms with van der Waals surface area (Å²) in [6.07, 6.45) is 2.09. The largest absolute Gasteiger partial charge is 0.497 e. The summed E-state index contributed by atoms with van der Waals surface area (Å²) < 4.78 is 38.8. The highest BCUT2D eigenvalue weighted by Crippen LogP contribution is 2.14. The average molecular weight is 314 g/mol. The predicted octanol–water partition coefficient (Wildman–Crippen LogP) is 2.83. The molecule has 21 heavy (non-hydrogen) atoms. The van der Waals surface area contributed by atoms with Gasteiger partial charge in [0, 0.05) is 6.61 Å². The molecule has 0 spiro atoms. The van der Waals surface area contributed by atoms with Crippen LogP contribution in [0, 0.1) is 0 Å². The highest BCUT2D eigenvalue weighted by Gasteiger charge is 2.10. The molecule has 0 aliphatic heterocycles. The van der Waals surface area contributed by atoms with Crippen LogP contribution in [-0.4, -0.2) is 34.8 Å². The molecule has 0 aromatic heterocycles. The Hall–Kier alpha value is -1.37. The predicted molar refractivity (Wildman–Crippen MR) is 82.6 cm³/mol. The highest BCUT2D eigenvalue weighted by atomic mass is 32.2. The molecule has 1 unspecified atom stereocenters. The maximum absolute atomic E-state index is 11.7. The first-order valence-electron chi connectivity index (χ1n) is 6.80. The van der Waals surface area contributed by atoms with E-state index >= 15 is 0 Å². The van der Waals surface area contributed by atoms with E-state index in [4.69, 9.17) is 13.7 Å². The topological polar surface area (TPSA) is 61.8 Å². The molecule has 118 valence electrons. The maximum Gasteiger partial charge on any atom is 0.290 e. The minimum absolute atomic E-state index is 0.00475. The second-order valence-electron chi connectivity index (χ2n) is 4.54. The van der Waals surface area contributed by atoms with Gasteiger partial charge in [0.25, 0.3) is 10.1 Å². The molecule has 0 N–H and O–H groups in total. The van der Waals surface area contributed by atoms with Crippen LogP contribution in [0.5, 0.6) is 5.75 Å². The van der Waals surface area contributed by atoms with Gasteiger partial charge in [-0.15, -0.1) is 0 Å². The molecule has 0 bridgehead atoms. The van der Waals surface area contributed by atoms with Crippen molar-refractivity contribution in [2.75, 3.05) is 20.3 Å². The van der Waals surface area contributed by atoms with Crippen LogP contribution in [0.2, 0.25) is 0 Å². The molecule has 1 rings (SSSR count). The third-order valence-electron chi connectivity index (χ3n) is 2.59. The SMILES string of the molecule is CCCOC(C)COS(=O)(=O)C=Cc1cccc(OC)c1. The number of benzene rings is 1. The van der Waals surface area contributed by atoms with E-state index in [-0.39, 0.29) is 12.7 Å². The van der Waals surface area contributed by atoms with Crippen LogP contribution in [0.1, 0.15) is 25.8 Å². The fraction of sp³-hybridized carbons (Fsp3) is 0.467. The van der Waals surface area contributed by atoms with Gasteiger partial charge in [0.1, 0.15) is 5.75 Å². The Kier molecular flexibility index (Phi) is 7.42. The van der Waals surface area contributed by atoms with Crippen molar-refractivity contribution in [2.24, 2.45) is 0 Å². The summed E-state index contributed by atoms with van der Waals surface area (Å²) in [6, 6.07) is 7.09. The summed E-state index contributed by atoms with van der Waals surface area (Å²) in [5, 5.41) is 1.04. The van der Waals surface area contributed by atoms with Gasteiger partial charge in [0.2, 0.25) is 0 Å². The Bertz CT molecular complexity index is 551. The molecular weight excluding hydrogens is 292 g/mol. The molecule has 0 saturated heterocycles. The quantitative estimate of drug-likeness (QED) is 0.656. The Morgan fingerprint density at radius 2 is 2.10 bits per heavy atom. The van der Waals surface area contributed by atoms with Gasteiger partial charge < -0.3 is 9.47 Å². The van der Waals surface area contributed by atoms with Gasteiger partial charge in [0.15, 0.2) is 0 Å². The Morgan fingerprint density at radius 1 is 1.33 bits per heavy atom. The van der Waals surface area contributed by atoms with E-state index in [1.54, 1.807) is 38.3 Å². The van der Waals surface area contributed by atoms with Gasteiger partial charge in [-0.05, 0) is 37.1 Å². The smallest absolute Gasteiger partial charge is 0.290 e. The van der Waals surface area contributed by atoms with E-state index in [1.807, 2.05) is 6.92 Å². The molecule has 1 aromatic rings. The van der Waals surface area contributed by atoms with Crippen molar-refractivity contribution >= 4 is 16.2 Å². The Morgan fingerprint density at radius 3 is 2.76 bits per heavy atom. The van der Waals surface area contributed by atoms with Crippen LogP contribution in [-0.2, 0) is 19.0 Å². The number of methoxy groups -OCH3 is 1. The number of hydrogen-bond acceptors (Lipinski definition) is 5.